The lowest BCUT2D eigenvalue weighted by molar-refractivity contribution is 0.122. The Hall–Kier alpha value is -1.99. The molecule has 1 saturated heterocycles. The summed E-state index contributed by atoms with van der Waals surface area (Å²) in [6, 6.07) is 2.07. The van der Waals surface area contributed by atoms with Crippen molar-refractivity contribution in [1.29, 1.82) is 0 Å². The number of nitrogens with one attached hydrogen (secondary N) is 1. The number of pyridine rings is 1. The van der Waals surface area contributed by atoms with Gasteiger partial charge in [0, 0.05) is 18.5 Å². The van der Waals surface area contributed by atoms with Crippen LogP contribution in [0.3, 0.4) is 0 Å². The molecule has 21 heavy (non-hydrogen) atoms. The molecule has 1 N–H and O–H groups in total. The maximum atomic E-state index is 11.9. The molecular weight excluding hydrogens is 288 g/mol. The third-order valence-electron chi connectivity index (χ3n) is 3.75. The highest BCUT2D eigenvalue weighted by atomic mass is 32.1. The van der Waals surface area contributed by atoms with Crippen LogP contribution in [0, 0.1) is 6.92 Å². The first kappa shape index (κ1) is 12.7. The second kappa shape index (κ2) is 4.78. The monoisotopic (exact) mass is 302 g/mol. The Kier molecular flexibility index (Phi) is 2.90. The highest BCUT2D eigenvalue weighted by Crippen LogP contribution is 2.33. The molecule has 1 aliphatic heterocycles. The lowest BCUT2D eigenvalue weighted by Gasteiger charge is -2.28. The number of fused-ring (bicyclic) bond motifs is 3. The zero-order chi connectivity index (χ0) is 14.4. The molecule has 6 nitrogen and oxygen atoms in total. The third kappa shape index (κ3) is 2.00. The van der Waals surface area contributed by atoms with E-state index in [1.807, 2.05) is 6.92 Å². The fraction of sp³-hybridized carbons (Fsp3) is 0.357. The largest absolute Gasteiger partial charge is 0.378 e. The second-order valence-electron chi connectivity index (χ2n) is 5.09. The molecule has 4 rings (SSSR count). The number of H-pyrrole nitrogens is 1. The minimum Gasteiger partial charge on any atom is -0.378 e. The lowest BCUT2D eigenvalue weighted by atomic mass is 10.2. The first-order chi connectivity index (χ1) is 10.2. The van der Waals surface area contributed by atoms with E-state index in [9.17, 15) is 4.79 Å². The standard InChI is InChI=1S/C14H14N4O2S/c1-8-6-9(18-2-4-20-5-3-18)17-14-10(8)11-12(21-14)13(19)16-7-15-11/h6-7H,2-5H2,1H3,(H,15,16,19). The van der Waals surface area contributed by atoms with Crippen LogP contribution in [-0.2, 0) is 4.74 Å². The summed E-state index contributed by atoms with van der Waals surface area (Å²) >= 11 is 1.41. The zero-order valence-electron chi connectivity index (χ0n) is 11.5. The lowest BCUT2D eigenvalue weighted by Crippen LogP contribution is -2.36. The van der Waals surface area contributed by atoms with E-state index in [0.717, 1.165) is 53.4 Å². The van der Waals surface area contributed by atoms with E-state index in [-0.39, 0.29) is 5.56 Å². The van der Waals surface area contributed by atoms with Crippen molar-refractivity contribution in [1.82, 2.24) is 15.0 Å². The molecule has 0 aliphatic carbocycles. The van der Waals surface area contributed by atoms with E-state index in [2.05, 4.69) is 20.9 Å². The second-order valence-corrected chi connectivity index (χ2v) is 6.09. The Bertz CT molecular complexity index is 880. The first-order valence-electron chi connectivity index (χ1n) is 6.84. The van der Waals surface area contributed by atoms with Crippen molar-refractivity contribution in [2.45, 2.75) is 6.92 Å². The SMILES string of the molecule is Cc1cc(N2CCOCC2)nc2sc3c(=O)[nH]cnc3c12. The number of ether oxygens (including phenoxy) is 1. The van der Waals surface area contributed by atoms with Crippen molar-refractivity contribution >= 4 is 37.6 Å². The number of aromatic amines is 1. The van der Waals surface area contributed by atoms with E-state index >= 15 is 0 Å². The Morgan fingerprint density at radius 1 is 1.38 bits per heavy atom. The Labute approximate surface area is 124 Å². The van der Waals surface area contributed by atoms with Crippen LogP contribution in [0.4, 0.5) is 5.82 Å². The zero-order valence-corrected chi connectivity index (χ0v) is 12.4. The summed E-state index contributed by atoms with van der Waals surface area (Å²) in [5, 5.41) is 0.984. The molecule has 0 bridgehead atoms. The molecule has 3 aromatic heterocycles. The number of hydrogen-bond acceptors (Lipinski definition) is 6. The molecular formula is C14H14N4O2S. The maximum absolute atomic E-state index is 11.9. The minimum atomic E-state index is -0.102. The summed E-state index contributed by atoms with van der Waals surface area (Å²) in [6.45, 7) is 5.20. The average molecular weight is 302 g/mol. The van der Waals surface area contributed by atoms with Crippen molar-refractivity contribution in [2.75, 3.05) is 31.2 Å². The summed E-state index contributed by atoms with van der Waals surface area (Å²) in [4.78, 5) is 26.7. The van der Waals surface area contributed by atoms with Gasteiger partial charge in [0.2, 0.25) is 0 Å². The van der Waals surface area contributed by atoms with E-state index in [4.69, 9.17) is 9.72 Å². The molecule has 3 aromatic rings. The van der Waals surface area contributed by atoms with Crippen LogP contribution in [0.5, 0.6) is 0 Å². The van der Waals surface area contributed by atoms with Gasteiger partial charge in [0.1, 0.15) is 15.3 Å². The van der Waals surface area contributed by atoms with Gasteiger partial charge >= 0.3 is 0 Å². The molecule has 0 saturated carbocycles. The highest BCUT2D eigenvalue weighted by molar-refractivity contribution is 7.25. The van der Waals surface area contributed by atoms with Gasteiger partial charge in [-0.05, 0) is 18.6 Å². The molecule has 0 spiro atoms. The molecule has 7 heteroatoms. The van der Waals surface area contributed by atoms with Gasteiger partial charge in [0.25, 0.3) is 5.56 Å². The maximum Gasteiger partial charge on any atom is 0.268 e. The van der Waals surface area contributed by atoms with E-state index < -0.39 is 0 Å². The molecule has 1 fully saturated rings. The van der Waals surface area contributed by atoms with Gasteiger partial charge in [0.15, 0.2) is 0 Å². The minimum absolute atomic E-state index is 0.102. The predicted molar refractivity (Wildman–Crippen MR) is 83.3 cm³/mol. The molecule has 0 aromatic carbocycles. The van der Waals surface area contributed by atoms with Crippen molar-refractivity contribution in [3.05, 3.63) is 28.3 Å². The number of aromatic nitrogens is 3. The van der Waals surface area contributed by atoms with Gasteiger partial charge in [-0.2, -0.15) is 0 Å². The molecule has 0 radical (unpaired) electrons. The van der Waals surface area contributed by atoms with Crippen molar-refractivity contribution in [3.8, 4) is 0 Å². The van der Waals surface area contributed by atoms with Gasteiger partial charge in [-0.25, -0.2) is 9.97 Å². The number of nitrogens with zero attached hydrogens (tertiary/aromatic N) is 3. The summed E-state index contributed by atoms with van der Waals surface area (Å²) in [5.41, 5.74) is 1.75. The summed E-state index contributed by atoms with van der Waals surface area (Å²) in [7, 11) is 0. The smallest absolute Gasteiger partial charge is 0.268 e. The van der Waals surface area contributed by atoms with Crippen LogP contribution in [-0.4, -0.2) is 41.3 Å². The topological polar surface area (TPSA) is 71.1 Å². The molecule has 0 atom stereocenters. The van der Waals surface area contributed by atoms with Gasteiger partial charge < -0.3 is 14.6 Å². The summed E-state index contributed by atoms with van der Waals surface area (Å²) in [5.74, 6) is 0.950. The van der Waals surface area contributed by atoms with Crippen LogP contribution < -0.4 is 10.5 Å². The number of aryl methyl sites for hydroxylation is 1. The van der Waals surface area contributed by atoms with E-state index in [1.54, 1.807) is 0 Å². The first-order valence-corrected chi connectivity index (χ1v) is 7.66. The van der Waals surface area contributed by atoms with Crippen LogP contribution in [0.1, 0.15) is 5.56 Å². The van der Waals surface area contributed by atoms with Crippen molar-refractivity contribution in [3.63, 3.8) is 0 Å². The fourth-order valence-corrected chi connectivity index (χ4v) is 3.79. The molecule has 4 heterocycles. The molecule has 0 unspecified atom stereocenters. The normalized spacial score (nSPS) is 16.0. The fourth-order valence-electron chi connectivity index (χ4n) is 2.70. The van der Waals surface area contributed by atoms with Crippen LogP contribution in [0.15, 0.2) is 17.2 Å². The van der Waals surface area contributed by atoms with Gasteiger partial charge in [-0.1, -0.05) is 0 Å². The highest BCUT2D eigenvalue weighted by Gasteiger charge is 2.17. The van der Waals surface area contributed by atoms with Crippen LogP contribution in [0.2, 0.25) is 0 Å². The molecule has 1 aliphatic rings. The Balaban J connectivity index is 1.95. The molecule has 108 valence electrons. The predicted octanol–water partition coefficient (Wildman–Crippen LogP) is 1.68. The Morgan fingerprint density at radius 3 is 3.00 bits per heavy atom. The summed E-state index contributed by atoms with van der Waals surface area (Å²) < 4.78 is 6.02. The number of thiophene rings is 1. The number of morpholine rings is 1. The van der Waals surface area contributed by atoms with Gasteiger partial charge in [-0.15, -0.1) is 11.3 Å². The van der Waals surface area contributed by atoms with Crippen LogP contribution >= 0.6 is 11.3 Å². The van der Waals surface area contributed by atoms with E-state index in [1.165, 1.54) is 17.7 Å². The number of anilines is 1. The van der Waals surface area contributed by atoms with Gasteiger partial charge in [-0.3, -0.25) is 4.79 Å². The van der Waals surface area contributed by atoms with Crippen molar-refractivity contribution < 1.29 is 4.74 Å². The summed E-state index contributed by atoms with van der Waals surface area (Å²) in [6.07, 6.45) is 1.45. The number of rotatable bonds is 1. The van der Waals surface area contributed by atoms with Crippen LogP contribution in [0.25, 0.3) is 20.4 Å². The van der Waals surface area contributed by atoms with Crippen molar-refractivity contribution in [2.24, 2.45) is 0 Å². The third-order valence-corrected chi connectivity index (χ3v) is 4.82. The van der Waals surface area contributed by atoms with Gasteiger partial charge in [0.05, 0.1) is 25.1 Å². The Morgan fingerprint density at radius 2 is 2.19 bits per heavy atom. The van der Waals surface area contributed by atoms with E-state index in [0.29, 0.717) is 4.70 Å². The molecule has 0 amide bonds. The number of hydrogen-bond donors (Lipinski definition) is 1. The average Bonchev–Trinajstić information content (AvgIpc) is 2.89. The quantitative estimate of drug-likeness (QED) is 0.740.